The van der Waals surface area contributed by atoms with Gasteiger partial charge in [0.25, 0.3) is 5.91 Å². The van der Waals surface area contributed by atoms with Crippen LogP contribution in [0.3, 0.4) is 0 Å². The first kappa shape index (κ1) is 15.7. The van der Waals surface area contributed by atoms with Crippen molar-refractivity contribution in [2.45, 2.75) is 6.54 Å². The Morgan fingerprint density at radius 3 is 2.77 bits per heavy atom. The van der Waals surface area contributed by atoms with Crippen LogP contribution in [-0.4, -0.2) is 19.5 Å². The highest BCUT2D eigenvalue weighted by molar-refractivity contribution is 5.91. The molecule has 0 aliphatic heterocycles. The molecule has 2 aromatic rings. The molecule has 0 bridgehead atoms. The van der Waals surface area contributed by atoms with Crippen LogP contribution in [-0.2, 0) is 11.3 Å². The van der Waals surface area contributed by atoms with Crippen LogP contribution in [0.4, 0.5) is 10.1 Å². The van der Waals surface area contributed by atoms with Crippen molar-refractivity contribution in [3.05, 3.63) is 65.5 Å². The molecule has 0 aliphatic carbocycles. The lowest BCUT2D eigenvalue weighted by Gasteiger charge is -2.14. The second kappa shape index (κ2) is 7.34. The van der Waals surface area contributed by atoms with Gasteiger partial charge in [-0.1, -0.05) is 24.3 Å². The summed E-state index contributed by atoms with van der Waals surface area (Å²) in [5.74, 6) is -0.437. The van der Waals surface area contributed by atoms with Crippen LogP contribution in [0, 0.1) is 17.1 Å². The number of benzene rings is 2. The molecule has 0 fully saturated rings. The van der Waals surface area contributed by atoms with E-state index >= 15 is 0 Å². The van der Waals surface area contributed by atoms with Gasteiger partial charge in [0.1, 0.15) is 12.4 Å². The summed E-state index contributed by atoms with van der Waals surface area (Å²) in [7, 11) is 1.83. The van der Waals surface area contributed by atoms with E-state index in [0.717, 1.165) is 4.90 Å². The fraction of sp³-hybridized carbons (Fsp3) is 0.176. The van der Waals surface area contributed by atoms with E-state index in [1.54, 1.807) is 42.5 Å². The second-order valence-electron chi connectivity index (χ2n) is 5.14. The van der Waals surface area contributed by atoms with Gasteiger partial charge in [-0.05, 0) is 24.3 Å². The summed E-state index contributed by atoms with van der Waals surface area (Å²) in [6.45, 7) is 0.642. The summed E-state index contributed by atoms with van der Waals surface area (Å²) >= 11 is 0. The Labute approximate surface area is 128 Å². The number of halogens is 1. The molecule has 0 saturated heterocycles. The SMILES string of the molecule is C[NH+](CC(=O)Nc1cccc(C#N)c1)Cc1ccccc1F. The Hall–Kier alpha value is -2.71. The molecule has 4 nitrogen and oxygen atoms in total. The number of rotatable bonds is 5. The van der Waals surface area contributed by atoms with E-state index in [-0.39, 0.29) is 18.3 Å². The molecule has 1 unspecified atom stereocenters. The zero-order chi connectivity index (χ0) is 15.9. The summed E-state index contributed by atoms with van der Waals surface area (Å²) in [6, 6.07) is 15.3. The number of anilines is 1. The fourth-order valence-electron chi connectivity index (χ4n) is 2.18. The fourth-order valence-corrected chi connectivity index (χ4v) is 2.18. The third-order valence-corrected chi connectivity index (χ3v) is 3.19. The number of nitrogens with zero attached hydrogens (tertiary/aromatic N) is 1. The maximum Gasteiger partial charge on any atom is 0.279 e. The highest BCUT2D eigenvalue weighted by Gasteiger charge is 2.13. The number of nitriles is 1. The zero-order valence-electron chi connectivity index (χ0n) is 12.3. The maximum absolute atomic E-state index is 13.6. The molecule has 5 heteroatoms. The van der Waals surface area contributed by atoms with E-state index in [2.05, 4.69) is 5.32 Å². The van der Waals surface area contributed by atoms with E-state index in [1.165, 1.54) is 6.07 Å². The smallest absolute Gasteiger partial charge is 0.279 e. The summed E-state index contributed by atoms with van der Waals surface area (Å²) in [5, 5.41) is 11.6. The van der Waals surface area contributed by atoms with E-state index in [4.69, 9.17) is 5.26 Å². The molecular weight excluding hydrogens is 281 g/mol. The Bertz CT molecular complexity index is 709. The number of amides is 1. The van der Waals surface area contributed by atoms with Gasteiger partial charge in [-0.3, -0.25) is 4.79 Å². The molecule has 22 heavy (non-hydrogen) atoms. The summed E-state index contributed by atoms with van der Waals surface area (Å²) in [5.41, 5.74) is 1.66. The van der Waals surface area contributed by atoms with E-state index in [9.17, 15) is 9.18 Å². The number of carbonyl (C=O) groups is 1. The molecule has 1 amide bonds. The topological polar surface area (TPSA) is 57.3 Å². The van der Waals surface area contributed by atoms with E-state index in [0.29, 0.717) is 23.4 Å². The normalized spacial score (nSPS) is 11.5. The quantitative estimate of drug-likeness (QED) is 0.875. The third kappa shape index (κ3) is 4.40. The van der Waals surface area contributed by atoms with Crippen molar-refractivity contribution in [1.29, 1.82) is 5.26 Å². The Balaban J connectivity index is 1.91. The van der Waals surface area contributed by atoms with Gasteiger partial charge < -0.3 is 10.2 Å². The lowest BCUT2D eigenvalue weighted by molar-refractivity contribution is -0.885. The van der Waals surface area contributed by atoms with Crippen LogP contribution in [0.1, 0.15) is 11.1 Å². The average Bonchev–Trinajstić information content (AvgIpc) is 2.49. The summed E-state index contributed by atoms with van der Waals surface area (Å²) in [6.07, 6.45) is 0. The molecule has 0 spiro atoms. The number of quaternary nitrogens is 1. The molecule has 2 N–H and O–H groups in total. The number of carbonyl (C=O) groups excluding carboxylic acids is 1. The molecule has 0 aliphatic rings. The minimum atomic E-state index is -0.260. The van der Waals surface area contributed by atoms with Crippen LogP contribution >= 0.6 is 0 Å². The molecule has 112 valence electrons. The largest absolute Gasteiger partial charge is 0.326 e. The van der Waals surface area contributed by atoms with Crippen molar-refractivity contribution < 1.29 is 14.1 Å². The Morgan fingerprint density at radius 1 is 1.27 bits per heavy atom. The highest BCUT2D eigenvalue weighted by Crippen LogP contribution is 2.09. The molecule has 0 aromatic heterocycles. The van der Waals surface area contributed by atoms with E-state index < -0.39 is 0 Å². The molecule has 0 heterocycles. The van der Waals surface area contributed by atoms with Crippen molar-refractivity contribution in [3.63, 3.8) is 0 Å². The highest BCUT2D eigenvalue weighted by atomic mass is 19.1. The number of hydrogen-bond donors (Lipinski definition) is 2. The first-order valence-corrected chi connectivity index (χ1v) is 6.93. The molecule has 2 aromatic carbocycles. The van der Waals surface area contributed by atoms with Gasteiger partial charge in [0.2, 0.25) is 0 Å². The predicted octanol–water partition coefficient (Wildman–Crippen LogP) is 1.35. The van der Waals surface area contributed by atoms with Gasteiger partial charge >= 0.3 is 0 Å². The van der Waals surface area contributed by atoms with Crippen molar-refractivity contribution in [2.24, 2.45) is 0 Å². The van der Waals surface area contributed by atoms with Crippen molar-refractivity contribution >= 4 is 11.6 Å². The molecular formula is C17H17FN3O+. The standard InChI is InChI=1S/C17H16FN3O/c1-21(11-14-6-2-3-8-16(14)18)12-17(22)20-15-7-4-5-13(9-15)10-19/h2-9H,11-12H2,1H3,(H,20,22)/p+1. The summed E-state index contributed by atoms with van der Waals surface area (Å²) < 4.78 is 13.6. The number of nitrogens with one attached hydrogen (secondary N) is 2. The van der Waals surface area contributed by atoms with Crippen LogP contribution in [0.5, 0.6) is 0 Å². The average molecular weight is 298 g/mol. The van der Waals surface area contributed by atoms with Gasteiger partial charge in [-0.2, -0.15) is 5.26 Å². The van der Waals surface area contributed by atoms with Gasteiger partial charge in [-0.15, -0.1) is 0 Å². The predicted molar refractivity (Wildman–Crippen MR) is 81.6 cm³/mol. The number of likely N-dealkylation sites (N-methyl/N-ethyl adjacent to an activating group) is 1. The van der Waals surface area contributed by atoms with Gasteiger partial charge in [0, 0.05) is 11.3 Å². The van der Waals surface area contributed by atoms with Crippen LogP contribution in [0.15, 0.2) is 48.5 Å². The van der Waals surface area contributed by atoms with Crippen LogP contribution in [0.25, 0.3) is 0 Å². The van der Waals surface area contributed by atoms with Gasteiger partial charge in [0.15, 0.2) is 6.54 Å². The number of hydrogen-bond acceptors (Lipinski definition) is 2. The van der Waals surface area contributed by atoms with Gasteiger partial charge in [0.05, 0.1) is 18.7 Å². The first-order chi connectivity index (χ1) is 10.6. The monoisotopic (exact) mass is 298 g/mol. The molecule has 0 radical (unpaired) electrons. The van der Waals surface area contributed by atoms with Gasteiger partial charge in [-0.25, -0.2) is 4.39 Å². The second-order valence-corrected chi connectivity index (χ2v) is 5.14. The zero-order valence-corrected chi connectivity index (χ0v) is 12.3. The van der Waals surface area contributed by atoms with Crippen molar-refractivity contribution in [1.82, 2.24) is 0 Å². The van der Waals surface area contributed by atoms with Crippen LogP contribution in [0.2, 0.25) is 0 Å². The molecule has 1 atom stereocenters. The van der Waals surface area contributed by atoms with Crippen molar-refractivity contribution in [2.75, 3.05) is 18.9 Å². The summed E-state index contributed by atoms with van der Waals surface area (Å²) in [4.78, 5) is 12.9. The first-order valence-electron chi connectivity index (χ1n) is 6.93. The Morgan fingerprint density at radius 2 is 2.05 bits per heavy atom. The third-order valence-electron chi connectivity index (χ3n) is 3.19. The van der Waals surface area contributed by atoms with Crippen molar-refractivity contribution in [3.8, 4) is 6.07 Å². The molecule has 0 saturated carbocycles. The lowest BCUT2D eigenvalue weighted by atomic mass is 10.2. The lowest BCUT2D eigenvalue weighted by Crippen LogP contribution is -3.08. The minimum Gasteiger partial charge on any atom is -0.326 e. The minimum absolute atomic E-state index is 0.177. The maximum atomic E-state index is 13.6. The molecule has 2 rings (SSSR count). The van der Waals surface area contributed by atoms with E-state index in [1.807, 2.05) is 13.1 Å². The Kier molecular flexibility index (Phi) is 5.23. The van der Waals surface area contributed by atoms with Crippen LogP contribution < -0.4 is 10.2 Å².